The van der Waals surface area contributed by atoms with Gasteiger partial charge in [-0.25, -0.2) is 0 Å². The van der Waals surface area contributed by atoms with Crippen LogP contribution in [0.1, 0.15) is 40.5 Å². The molecule has 0 aromatic carbocycles. The van der Waals surface area contributed by atoms with Gasteiger partial charge in [0.15, 0.2) is 0 Å². The minimum absolute atomic E-state index is 0.0604. The number of piperidine rings is 1. The van der Waals surface area contributed by atoms with Crippen LogP contribution in [0.4, 0.5) is 0 Å². The largest absolute Gasteiger partial charge is 0.381 e. The van der Waals surface area contributed by atoms with Crippen LogP contribution in [0, 0.1) is 0 Å². The molecule has 0 unspecified atom stereocenters. The molecule has 0 spiro atoms. The quantitative estimate of drug-likeness (QED) is 0.408. The minimum atomic E-state index is 0.0604. The predicted octanol–water partition coefficient (Wildman–Crippen LogP) is 0.425. The number of hydrogen-bond donors (Lipinski definition) is 4. The van der Waals surface area contributed by atoms with Gasteiger partial charge in [0.25, 0.3) is 0 Å². The number of aliphatic hydroxyl groups is 1. The van der Waals surface area contributed by atoms with Crippen LogP contribution >= 0.6 is 0 Å². The first-order valence-corrected chi connectivity index (χ1v) is 6.19. The van der Waals surface area contributed by atoms with E-state index in [0.717, 1.165) is 25.9 Å². The molecule has 0 aromatic heterocycles. The molecule has 0 aromatic rings. The van der Waals surface area contributed by atoms with Gasteiger partial charge in [-0.15, -0.1) is 0 Å². The molecule has 0 bridgehead atoms. The Bertz CT molecular complexity index is 200. The van der Waals surface area contributed by atoms with E-state index in [4.69, 9.17) is 5.11 Å². The first-order valence-electron chi connectivity index (χ1n) is 6.19. The molecule has 16 heavy (non-hydrogen) atoms. The zero-order valence-corrected chi connectivity index (χ0v) is 11.1. The Hall–Kier alpha value is -0.160. The first kappa shape index (κ1) is 13.9. The molecular formula is C12H27N3O. The Labute approximate surface area is 99.2 Å². The maximum Gasteiger partial charge on any atom is 0.0931 e. The third kappa shape index (κ3) is 4.78. The Morgan fingerprint density at radius 2 is 1.69 bits per heavy atom. The minimum Gasteiger partial charge on any atom is -0.381 e. The lowest BCUT2D eigenvalue weighted by Gasteiger charge is -2.46. The van der Waals surface area contributed by atoms with E-state index in [1.165, 1.54) is 0 Å². The second kappa shape index (κ2) is 5.45. The molecule has 0 radical (unpaired) electrons. The first-order chi connectivity index (χ1) is 7.35. The molecule has 4 nitrogen and oxygen atoms in total. The summed E-state index contributed by atoms with van der Waals surface area (Å²) >= 11 is 0. The van der Waals surface area contributed by atoms with Crippen LogP contribution in [0.25, 0.3) is 0 Å². The topological polar surface area (TPSA) is 56.3 Å². The Morgan fingerprint density at radius 1 is 1.12 bits per heavy atom. The summed E-state index contributed by atoms with van der Waals surface area (Å²) in [6.07, 6.45) is 2.30. The van der Waals surface area contributed by atoms with Crippen molar-refractivity contribution in [3.8, 4) is 0 Å². The summed E-state index contributed by atoms with van der Waals surface area (Å²) in [6.45, 7) is 10.8. The standard InChI is InChI=1S/C12H27N3O/c1-11(2)7-10(8-12(3,4)15-11)14-6-5-13-9-16/h10,13-16H,5-9H2,1-4H3. The Morgan fingerprint density at radius 3 is 2.19 bits per heavy atom. The smallest absolute Gasteiger partial charge is 0.0931 e. The highest BCUT2D eigenvalue weighted by atomic mass is 16.3. The molecule has 1 fully saturated rings. The van der Waals surface area contributed by atoms with E-state index < -0.39 is 0 Å². The molecule has 96 valence electrons. The van der Waals surface area contributed by atoms with Gasteiger partial charge in [0.1, 0.15) is 0 Å². The van der Waals surface area contributed by atoms with Gasteiger partial charge in [0.05, 0.1) is 6.73 Å². The molecular weight excluding hydrogens is 202 g/mol. The predicted molar refractivity (Wildman–Crippen MR) is 67.4 cm³/mol. The third-order valence-corrected chi connectivity index (χ3v) is 3.04. The monoisotopic (exact) mass is 229 g/mol. The lowest BCUT2D eigenvalue weighted by molar-refractivity contribution is 0.146. The summed E-state index contributed by atoms with van der Waals surface area (Å²) in [7, 11) is 0. The van der Waals surface area contributed by atoms with E-state index in [1.54, 1.807) is 0 Å². The van der Waals surface area contributed by atoms with Crippen molar-refractivity contribution in [3.05, 3.63) is 0 Å². The molecule has 4 heteroatoms. The molecule has 0 saturated carbocycles. The number of aliphatic hydroxyl groups excluding tert-OH is 1. The van der Waals surface area contributed by atoms with Gasteiger partial charge in [-0.2, -0.15) is 0 Å². The fourth-order valence-electron chi connectivity index (χ4n) is 2.91. The van der Waals surface area contributed by atoms with Crippen molar-refractivity contribution in [3.63, 3.8) is 0 Å². The normalized spacial score (nSPS) is 24.6. The lowest BCUT2D eigenvalue weighted by Crippen LogP contribution is -2.61. The van der Waals surface area contributed by atoms with E-state index >= 15 is 0 Å². The van der Waals surface area contributed by atoms with Gasteiger partial charge in [0.2, 0.25) is 0 Å². The van der Waals surface area contributed by atoms with Crippen LogP contribution in [0.15, 0.2) is 0 Å². The summed E-state index contributed by atoms with van der Waals surface area (Å²) in [4.78, 5) is 0. The number of nitrogens with one attached hydrogen (secondary N) is 3. The van der Waals surface area contributed by atoms with Crippen LogP contribution in [-0.2, 0) is 0 Å². The van der Waals surface area contributed by atoms with Crippen molar-refractivity contribution in [1.82, 2.24) is 16.0 Å². The molecule has 1 aliphatic rings. The molecule has 0 atom stereocenters. The molecule has 0 amide bonds. The average Bonchev–Trinajstić information content (AvgIpc) is 2.07. The summed E-state index contributed by atoms with van der Waals surface area (Å²) in [5, 5.41) is 18.7. The lowest BCUT2D eigenvalue weighted by atomic mass is 9.79. The van der Waals surface area contributed by atoms with Crippen LogP contribution in [0.3, 0.4) is 0 Å². The van der Waals surface area contributed by atoms with Crippen molar-refractivity contribution in [1.29, 1.82) is 0 Å². The van der Waals surface area contributed by atoms with Crippen molar-refractivity contribution in [2.24, 2.45) is 0 Å². The van der Waals surface area contributed by atoms with E-state index in [0.29, 0.717) is 6.04 Å². The highest BCUT2D eigenvalue weighted by molar-refractivity contribution is 4.99. The molecule has 1 aliphatic heterocycles. The van der Waals surface area contributed by atoms with E-state index in [1.807, 2.05) is 0 Å². The van der Waals surface area contributed by atoms with Crippen LogP contribution in [-0.4, -0.2) is 42.0 Å². The SMILES string of the molecule is CC1(C)CC(NCCNCO)CC(C)(C)N1. The molecule has 1 saturated heterocycles. The van der Waals surface area contributed by atoms with Crippen molar-refractivity contribution < 1.29 is 5.11 Å². The van der Waals surface area contributed by atoms with Crippen molar-refractivity contribution in [2.45, 2.75) is 57.7 Å². The number of hydrogen-bond acceptors (Lipinski definition) is 4. The molecule has 1 heterocycles. The van der Waals surface area contributed by atoms with Gasteiger partial charge in [-0.05, 0) is 40.5 Å². The van der Waals surface area contributed by atoms with Crippen molar-refractivity contribution >= 4 is 0 Å². The number of rotatable bonds is 5. The van der Waals surface area contributed by atoms with E-state index in [2.05, 4.69) is 43.6 Å². The Kier molecular flexibility index (Phi) is 4.73. The van der Waals surface area contributed by atoms with E-state index in [9.17, 15) is 0 Å². The van der Waals surface area contributed by atoms with Crippen molar-refractivity contribution in [2.75, 3.05) is 19.8 Å². The van der Waals surface area contributed by atoms with E-state index in [-0.39, 0.29) is 17.8 Å². The zero-order valence-electron chi connectivity index (χ0n) is 11.1. The fraction of sp³-hybridized carbons (Fsp3) is 1.00. The molecule has 1 rings (SSSR count). The second-order valence-corrected chi connectivity index (χ2v) is 6.11. The van der Waals surface area contributed by atoms with Crippen LogP contribution < -0.4 is 16.0 Å². The molecule has 0 aliphatic carbocycles. The van der Waals surface area contributed by atoms with Gasteiger partial charge >= 0.3 is 0 Å². The fourth-order valence-corrected chi connectivity index (χ4v) is 2.91. The van der Waals surface area contributed by atoms with Gasteiger partial charge in [-0.3, -0.25) is 5.32 Å². The maximum absolute atomic E-state index is 8.62. The van der Waals surface area contributed by atoms with Gasteiger partial charge in [0, 0.05) is 30.2 Å². The van der Waals surface area contributed by atoms with Gasteiger partial charge < -0.3 is 15.7 Å². The highest BCUT2D eigenvalue weighted by Crippen LogP contribution is 2.28. The zero-order chi connectivity index (χ0) is 12.2. The highest BCUT2D eigenvalue weighted by Gasteiger charge is 2.37. The van der Waals surface area contributed by atoms with Crippen LogP contribution in [0.2, 0.25) is 0 Å². The summed E-state index contributed by atoms with van der Waals surface area (Å²) < 4.78 is 0. The average molecular weight is 229 g/mol. The van der Waals surface area contributed by atoms with Crippen LogP contribution in [0.5, 0.6) is 0 Å². The van der Waals surface area contributed by atoms with Gasteiger partial charge in [-0.1, -0.05) is 0 Å². The molecule has 4 N–H and O–H groups in total. The summed E-state index contributed by atoms with van der Waals surface area (Å²) in [5.74, 6) is 0. The summed E-state index contributed by atoms with van der Waals surface area (Å²) in [5.41, 5.74) is 0.396. The summed E-state index contributed by atoms with van der Waals surface area (Å²) in [6, 6.07) is 0.562. The maximum atomic E-state index is 8.62. The Balaban J connectivity index is 2.36. The third-order valence-electron chi connectivity index (χ3n) is 3.04. The second-order valence-electron chi connectivity index (χ2n) is 6.11.